The van der Waals surface area contributed by atoms with E-state index < -0.39 is 36.6 Å². The highest BCUT2D eigenvalue weighted by Gasteiger charge is 2.54. The first-order valence-electron chi connectivity index (χ1n) is 14.2. The molecule has 0 saturated carbocycles. The zero-order valence-corrected chi connectivity index (χ0v) is 23.4. The largest absolute Gasteiger partial charge is 0.466 e. The van der Waals surface area contributed by atoms with Crippen LogP contribution in [-0.4, -0.2) is 55.8 Å². The van der Waals surface area contributed by atoms with Crippen LogP contribution in [0.15, 0.2) is 103 Å². The van der Waals surface area contributed by atoms with Gasteiger partial charge in [0.2, 0.25) is 0 Å². The van der Waals surface area contributed by atoms with E-state index in [1.807, 2.05) is 91.0 Å². The maximum Gasteiger partial charge on any atom is 0.308 e. The Hall–Kier alpha value is -3.33. The molecule has 0 aromatic heterocycles. The number of benzene rings is 3. The van der Waals surface area contributed by atoms with Crippen molar-refractivity contribution in [2.75, 3.05) is 13.2 Å². The molecule has 3 aromatic rings. The average Bonchev–Trinajstić information content (AvgIpc) is 3.31. The molecule has 2 fully saturated rings. The number of ether oxygens (including phenoxy) is 6. The number of hydrogen-bond donors (Lipinski definition) is 0. The fraction of sp³-hybridized carbons (Fsp3) is 0.382. The van der Waals surface area contributed by atoms with Gasteiger partial charge in [0.05, 0.1) is 45.6 Å². The molecule has 2 saturated heterocycles. The lowest BCUT2D eigenvalue weighted by Crippen LogP contribution is -2.59. The molecule has 0 radical (unpaired) electrons. The maximum atomic E-state index is 12.3. The molecular formula is C34H38O7. The highest BCUT2D eigenvalue weighted by molar-refractivity contribution is 5.70. The molecule has 216 valence electrons. The van der Waals surface area contributed by atoms with E-state index in [2.05, 4.69) is 6.58 Å². The van der Waals surface area contributed by atoms with Crippen molar-refractivity contribution < 1.29 is 33.2 Å². The van der Waals surface area contributed by atoms with Crippen molar-refractivity contribution in [3.05, 3.63) is 120 Å². The van der Waals surface area contributed by atoms with Gasteiger partial charge in [0.15, 0.2) is 0 Å². The van der Waals surface area contributed by atoms with E-state index in [1.54, 1.807) is 6.92 Å². The average molecular weight is 559 g/mol. The lowest BCUT2D eigenvalue weighted by atomic mass is 9.91. The summed E-state index contributed by atoms with van der Waals surface area (Å²) in [5.74, 6) is -0.335. The van der Waals surface area contributed by atoms with Crippen LogP contribution in [0.4, 0.5) is 0 Å². The minimum absolute atomic E-state index is 0.0686. The summed E-state index contributed by atoms with van der Waals surface area (Å²) < 4.78 is 37.5. The number of esters is 1. The van der Waals surface area contributed by atoms with E-state index in [0.29, 0.717) is 38.6 Å². The van der Waals surface area contributed by atoms with Crippen molar-refractivity contribution in [3.8, 4) is 0 Å². The Labute approximate surface area is 242 Å². The predicted octanol–water partition coefficient (Wildman–Crippen LogP) is 5.42. The molecule has 6 atom stereocenters. The van der Waals surface area contributed by atoms with Gasteiger partial charge in [-0.05, 0) is 29.2 Å². The lowest BCUT2D eigenvalue weighted by molar-refractivity contribution is -0.250. The molecule has 5 rings (SSSR count). The van der Waals surface area contributed by atoms with E-state index in [-0.39, 0.29) is 12.4 Å². The van der Waals surface area contributed by atoms with Crippen LogP contribution >= 0.6 is 0 Å². The van der Waals surface area contributed by atoms with Crippen molar-refractivity contribution in [3.63, 3.8) is 0 Å². The summed E-state index contributed by atoms with van der Waals surface area (Å²) in [6.45, 7) is 7.84. The third-order valence-electron chi connectivity index (χ3n) is 7.36. The molecule has 2 aliphatic heterocycles. The Bertz CT molecular complexity index is 1230. The molecule has 0 spiro atoms. The summed E-state index contributed by atoms with van der Waals surface area (Å²) in [4.78, 5) is 12.3. The summed E-state index contributed by atoms with van der Waals surface area (Å²) in [5, 5.41) is 0. The fourth-order valence-electron chi connectivity index (χ4n) is 5.30. The predicted molar refractivity (Wildman–Crippen MR) is 154 cm³/mol. The summed E-state index contributed by atoms with van der Waals surface area (Å²) >= 11 is 0. The van der Waals surface area contributed by atoms with Gasteiger partial charge in [-0.15, -0.1) is 0 Å². The molecule has 0 amide bonds. The van der Waals surface area contributed by atoms with E-state index in [1.165, 1.54) is 0 Å². The molecule has 2 heterocycles. The normalized spacial score (nSPS) is 25.5. The molecule has 0 bridgehead atoms. The Morgan fingerprint density at radius 1 is 0.756 bits per heavy atom. The first kappa shape index (κ1) is 29.2. The second kappa shape index (κ2) is 14.5. The Morgan fingerprint density at radius 3 is 1.85 bits per heavy atom. The number of carbonyl (C=O) groups is 1. The highest BCUT2D eigenvalue weighted by atomic mass is 16.6. The minimum atomic E-state index is -0.536. The summed E-state index contributed by atoms with van der Waals surface area (Å²) in [6.07, 6.45) is -2.89. The molecule has 0 unspecified atom stereocenters. The topological polar surface area (TPSA) is 72.5 Å². The third kappa shape index (κ3) is 7.70. The Kier molecular flexibility index (Phi) is 10.3. The van der Waals surface area contributed by atoms with Gasteiger partial charge in [0.25, 0.3) is 0 Å². The molecule has 2 aliphatic rings. The van der Waals surface area contributed by atoms with Crippen molar-refractivity contribution in [2.45, 2.75) is 69.8 Å². The van der Waals surface area contributed by atoms with Crippen molar-refractivity contribution in [2.24, 2.45) is 0 Å². The van der Waals surface area contributed by atoms with Gasteiger partial charge in [-0.3, -0.25) is 4.79 Å². The quantitative estimate of drug-likeness (QED) is 0.205. The van der Waals surface area contributed by atoms with Crippen LogP contribution in [0.25, 0.3) is 0 Å². The van der Waals surface area contributed by atoms with Crippen LogP contribution in [0, 0.1) is 0 Å². The SMILES string of the molecule is C=C1[C@H]2O[C@H](COCc3ccccc3)[C@@H](OCc3ccccc3)[C@H](OCc3ccccc3)[C@H]2O[C@@H]1CC(=O)OCC. The van der Waals surface area contributed by atoms with Crippen LogP contribution in [0.1, 0.15) is 30.0 Å². The van der Waals surface area contributed by atoms with Crippen LogP contribution in [0.5, 0.6) is 0 Å². The van der Waals surface area contributed by atoms with Crippen LogP contribution in [-0.2, 0) is 53.0 Å². The lowest BCUT2D eigenvalue weighted by Gasteiger charge is -2.43. The molecule has 3 aromatic carbocycles. The molecule has 7 nitrogen and oxygen atoms in total. The van der Waals surface area contributed by atoms with Crippen LogP contribution < -0.4 is 0 Å². The summed E-state index contributed by atoms with van der Waals surface area (Å²) in [7, 11) is 0. The summed E-state index contributed by atoms with van der Waals surface area (Å²) in [5.41, 5.74) is 3.85. The third-order valence-corrected chi connectivity index (χ3v) is 7.36. The van der Waals surface area contributed by atoms with Gasteiger partial charge < -0.3 is 28.4 Å². The zero-order valence-electron chi connectivity index (χ0n) is 23.4. The van der Waals surface area contributed by atoms with Crippen LogP contribution in [0.2, 0.25) is 0 Å². The molecule has 41 heavy (non-hydrogen) atoms. The number of fused-ring (bicyclic) bond motifs is 1. The first-order chi connectivity index (χ1) is 20.1. The highest BCUT2D eigenvalue weighted by Crippen LogP contribution is 2.40. The van der Waals surface area contributed by atoms with Gasteiger partial charge in [-0.1, -0.05) is 97.6 Å². The van der Waals surface area contributed by atoms with Crippen LogP contribution in [0.3, 0.4) is 0 Å². The second-order valence-corrected chi connectivity index (χ2v) is 10.3. The van der Waals surface area contributed by atoms with Gasteiger partial charge in [0, 0.05) is 0 Å². The minimum Gasteiger partial charge on any atom is -0.466 e. The monoisotopic (exact) mass is 558 g/mol. The Balaban J connectivity index is 1.38. The van der Waals surface area contributed by atoms with E-state index >= 15 is 0 Å². The van der Waals surface area contributed by atoms with Crippen molar-refractivity contribution in [1.29, 1.82) is 0 Å². The van der Waals surface area contributed by atoms with Gasteiger partial charge in [0.1, 0.15) is 30.5 Å². The second-order valence-electron chi connectivity index (χ2n) is 10.3. The number of rotatable bonds is 13. The van der Waals surface area contributed by atoms with Gasteiger partial charge >= 0.3 is 5.97 Å². The van der Waals surface area contributed by atoms with E-state index in [9.17, 15) is 4.79 Å². The van der Waals surface area contributed by atoms with Crippen molar-refractivity contribution in [1.82, 2.24) is 0 Å². The molecule has 0 N–H and O–H groups in total. The smallest absolute Gasteiger partial charge is 0.308 e. The molecule has 7 heteroatoms. The van der Waals surface area contributed by atoms with Gasteiger partial charge in [-0.2, -0.15) is 0 Å². The zero-order chi connectivity index (χ0) is 28.4. The Morgan fingerprint density at radius 2 is 1.29 bits per heavy atom. The van der Waals surface area contributed by atoms with E-state index in [0.717, 1.165) is 16.7 Å². The number of hydrogen-bond acceptors (Lipinski definition) is 7. The summed E-state index contributed by atoms with van der Waals surface area (Å²) in [6, 6.07) is 30.0. The number of carbonyl (C=O) groups excluding carboxylic acids is 1. The first-order valence-corrected chi connectivity index (χ1v) is 14.2. The van der Waals surface area contributed by atoms with Gasteiger partial charge in [-0.25, -0.2) is 0 Å². The van der Waals surface area contributed by atoms with E-state index in [4.69, 9.17) is 28.4 Å². The van der Waals surface area contributed by atoms with Crippen molar-refractivity contribution >= 4 is 5.97 Å². The maximum absolute atomic E-state index is 12.3. The molecule has 0 aliphatic carbocycles. The fourth-order valence-corrected chi connectivity index (χ4v) is 5.30. The molecular weight excluding hydrogens is 520 g/mol. The standard InChI is InChI=1S/C34H38O7/c1-3-37-30(35)19-28-24(2)31-34(40-28)33(39-22-27-17-11-6-12-18-27)32(38-21-26-15-9-5-10-16-26)29(41-31)23-36-20-25-13-7-4-8-14-25/h4-18,28-29,31-34H,2-3,19-23H2,1H3/t28-,29-,31-,32-,33+,34+/m1/s1.